The van der Waals surface area contributed by atoms with Crippen LogP contribution in [0.25, 0.3) is 0 Å². The highest BCUT2D eigenvalue weighted by molar-refractivity contribution is 5.94. The SMILES string of the molecule is CCCN(Cc1ccccc1)C1CCC(CCc2ccc(C(=O)N(Cc3ncc[nH]3)Cc3ncc[nH]3)cc2)CC1. The van der Waals surface area contributed by atoms with E-state index < -0.39 is 0 Å². The number of rotatable bonds is 13. The van der Waals surface area contributed by atoms with Crippen LogP contribution in [0.4, 0.5) is 0 Å². The highest BCUT2D eigenvalue weighted by Crippen LogP contribution is 2.31. The molecule has 0 saturated heterocycles. The van der Waals surface area contributed by atoms with Gasteiger partial charge in [-0.05, 0) is 80.7 Å². The lowest BCUT2D eigenvalue weighted by molar-refractivity contribution is 0.0721. The zero-order chi connectivity index (χ0) is 27.6. The Morgan fingerprint density at radius 2 is 1.48 bits per heavy atom. The third kappa shape index (κ3) is 7.69. The zero-order valence-electron chi connectivity index (χ0n) is 23.6. The molecule has 0 atom stereocenters. The number of hydrogen-bond donors (Lipinski definition) is 2. The molecule has 0 unspecified atom stereocenters. The monoisotopic (exact) mass is 538 g/mol. The summed E-state index contributed by atoms with van der Waals surface area (Å²) in [4.78, 5) is 32.7. The Labute approximate surface area is 238 Å². The van der Waals surface area contributed by atoms with Gasteiger partial charge in [-0.2, -0.15) is 0 Å². The van der Waals surface area contributed by atoms with Gasteiger partial charge in [-0.3, -0.25) is 9.69 Å². The fourth-order valence-electron chi connectivity index (χ4n) is 5.99. The molecule has 2 aromatic carbocycles. The molecule has 1 amide bonds. The molecular weight excluding hydrogens is 496 g/mol. The predicted molar refractivity (Wildman–Crippen MR) is 158 cm³/mol. The molecule has 40 heavy (non-hydrogen) atoms. The molecule has 2 aromatic heterocycles. The smallest absolute Gasteiger partial charge is 0.254 e. The van der Waals surface area contributed by atoms with Gasteiger partial charge in [-0.1, -0.05) is 49.4 Å². The van der Waals surface area contributed by atoms with Crippen LogP contribution in [-0.2, 0) is 26.1 Å². The molecule has 0 spiro atoms. The van der Waals surface area contributed by atoms with E-state index in [0.29, 0.717) is 24.7 Å². The average molecular weight is 539 g/mol. The van der Waals surface area contributed by atoms with E-state index in [1.54, 1.807) is 29.7 Å². The van der Waals surface area contributed by atoms with E-state index in [1.165, 1.54) is 56.2 Å². The van der Waals surface area contributed by atoms with Crippen LogP contribution in [-0.4, -0.2) is 48.2 Å². The molecule has 7 nitrogen and oxygen atoms in total. The molecule has 1 aliphatic carbocycles. The summed E-state index contributed by atoms with van der Waals surface area (Å²) in [6.45, 7) is 5.33. The Morgan fingerprint density at radius 3 is 2.05 bits per heavy atom. The first-order chi connectivity index (χ1) is 19.7. The molecule has 4 aromatic rings. The Balaban J connectivity index is 1.11. The highest BCUT2D eigenvalue weighted by Gasteiger charge is 2.25. The number of amides is 1. The van der Waals surface area contributed by atoms with Crippen molar-refractivity contribution in [3.63, 3.8) is 0 Å². The third-order valence-electron chi connectivity index (χ3n) is 8.19. The first kappa shape index (κ1) is 27.8. The summed E-state index contributed by atoms with van der Waals surface area (Å²) in [6, 6.07) is 19.8. The number of H-pyrrole nitrogens is 2. The molecule has 0 bridgehead atoms. The second-order valence-corrected chi connectivity index (χ2v) is 11.1. The molecule has 1 fully saturated rings. The van der Waals surface area contributed by atoms with E-state index in [4.69, 9.17) is 0 Å². The van der Waals surface area contributed by atoms with Crippen LogP contribution in [0.1, 0.15) is 78.6 Å². The molecule has 1 aliphatic rings. The van der Waals surface area contributed by atoms with E-state index in [-0.39, 0.29) is 5.91 Å². The van der Waals surface area contributed by atoms with Crippen molar-refractivity contribution in [1.82, 2.24) is 29.7 Å². The van der Waals surface area contributed by atoms with Crippen LogP contribution in [0, 0.1) is 5.92 Å². The maximum Gasteiger partial charge on any atom is 0.254 e. The van der Waals surface area contributed by atoms with E-state index in [1.807, 2.05) is 12.1 Å². The summed E-state index contributed by atoms with van der Waals surface area (Å²) in [7, 11) is 0. The van der Waals surface area contributed by atoms with Crippen molar-refractivity contribution in [1.29, 1.82) is 0 Å². The van der Waals surface area contributed by atoms with Gasteiger partial charge in [-0.25, -0.2) is 9.97 Å². The minimum Gasteiger partial charge on any atom is -0.347 e. The van der Waals surface area contributed by atoms with E-state index in [0.717, 1.165) is 30.5 Å². The third-order valence-corrected chi connectivity index (χ3v) is 8.19. The second-order valence-electron chi connectivity index (χ2n) is 11.1. The molecule has 0 aliphatic heterocycles. The minimum atomic E-state index is -0.0233. The van der Waals surface area contributed by atoms with Crippen molar-refractivity contribution >= 4 is 5.91 Å². The number of carbonyl (C=O) groups is 1. The van der Waals surface area contributed by atoms with Gasteiger partial charge in [0.25, 0.3) is 5.91 Å². The lowest BCUT2D eigenvalue weighted by Crippen LogP contribution is -2.38. The largest absolute Gasteiger partial charge is 0.347 e. The number of nitrogens with zero attached hydrogens (tertiary/aromatic N) is 4. The molecule has 1 saturated carbocycles. The summed E-state index contributed by atoms with van der Waals surface area (Å²) in [6.07, 6.45) is 15.7. The van der Waals surface area contributed by atoms with Crippen LogP contribution < -0.4 is 0 Å². The minimum absolute atomic E-state index is 0.0233. The summed E-state index contributed by atoms with van der Waals surface area (Å²) in [5.41, 5.74) is 3.42. The van der Waals surface area contributed by atoms with Gasteiger partial charge in [0.2, 0.25) is 0 Å². The van der Waals surface area contributed by atoms with Gasteiger partial charge in [0.05, 0.1) is 13.1 Å². The quantitative estimate of drug-likeness (QED) is 0.207. The molecule has 7 heteroatoms. The first-order valence-corrected chi connectivity index (χ1v) is 14.8. The summed E-state index contributed by atoms with van der Waals surface area (Å²) >= 11 is 0. The average Bonchev–Trinajstić information content (AvgIpc) is 3.71. The van der Waals surface area contributed by atoms with Crippen LogP contribution >= 0.6 is 0 Å². The van der Waals surface area contributed by atoms with Crippen molar-refractivity contribution in [3.8, 4) is 0 Å². The van der Waals surface area contributed by atoms with Crippen molar-refractivity contribution in [2.24, 2.45) is 5.92 Å². The number of carbonyl (C=O) groups excluding carboxylic acids is 1. The Kier molecular flexibility index (Phi) is 9.80. The lowest BCUT2D eigenvalue weighted by atomic mass is 9.82. The highest BCUT2D eigenvalue weighted by atomic mass is 16.2. The van der Waals surface area contributed by atoms with E-state index in [9.17, 15) is 4.79 Å². The van der Waals surface area contributed by atoms with Crippen LogP contribution in [0.5, 0.6) is 0 Å². The van der Waals surface area contributed by atoms with Gasteiger partial charge >= 0.3 is 0 Å². The van der Waals surface area contributed by atoms with E-state index in [2.05, 4.69) is 74.2 Å². The van der Waals surface area contributed by atoms with Crippen LogP contribution in [0.15, 0.2) is 79.4 Å². The Hall–Kier alpha value is -3.71. The molecule has 5 rings (SSSR count). The maximum atomic E-state index is 13.4. The summed E-state index contributed by atoms with van der Waals surface area (Å²) < 4.78 is 0. The van der Waals surface area contributed by atoms with Crippen molar-refractivity contribution in [2.45, 2.75) is 77.5 Å². The second kappa shape index (κ2) is 14.1. The van der Waals surface area contributed by atoms with Gasteiger partial charge < -0.3 is 14.9 Å². The van der Waals surface area contributed by atoms with Gasteiger partial charge in [0, 0.05) is 42.9 Å². The zero-order valence-corrected chi connectivity index (χ0v) is 23.6. The topological polar surface area (TPSA) is 80.9 Å². The number of benzene rings is 2. The number of hydrogen-bond acceptors (Lipinski definition) is 4. The normalized spacial score (nSPS) is 17.2. The molecule has 2 heterocycles. The predicted octanol–water partition coefficient (Wildman–Crippen LogP) is 6.38. The molecular formula is C33H42N6O. The molecule has 210 valence electrons. The van der Waals surface area contributed by atoms with Gasteiger partial charge in [-0.15, -0.1) is 0 Å². The number of aromatic amines is 2. The number of aryl methyl sites for hydroxylation is 1. The Morgan fingerprint density at radius 1 is 0.825 bits per heavy atom. The lowest BCUT2D eigenvalue weighted by Gasteiger charge is -2.37. The van der Waals surface area contributed by atoms with Crippen molar-refractivity contribution in [2.75, 3.05) is 6.54 Å². The fourth-order valence-corrected chi connectivity index (χ4v) is 5.99. The van der Waals surface area contributed by atoms with Gasteiger partial charge in [0.1, 0.15) is 11.6 Å². The number of imidazole rings is 2. The van der Waals surface area contributed by atoms with E-state index >= 15 is 0 Å². The van der Waals surface area contributed by atoms with Crippen molar-refractivity contribution < 1.29 is 4.79 Å². The summed E-state index contributed by atoms with van der Waals surface area (Å²) in [5.74, 6) is 2.27. The number of nitrogens with one attached hydrogen (secondary N) is 2. The number of aromatic nitrogens is 4. The summed E-state index contributed by atoms with van der Waals surface area (Å²) in [5, 5.41) is 0. The van der Waals surface area contributed by atoms with Crippen molar-refractivity contribution in [3.05, 3.63) is 108 Å². The molecule has 0 radical (unpaired) electrons. The van der Waals surface area contributed by atoms with Gasteiger partial charge in [0.15, 0.2) is 0 Å². The maximum absolute atomic E-state index is 13.4. The first-order valence-electron chi connectivity index (χ1n) is 14.8. The van der Waals surface area contributed by atoms with Crippen LogP contribution in [0.3, 0.4) is 0 Å². The standard InChI is InChI=1S/C33H42N6O/c1-2-22-38(23-28-6-4-3-5-7-28)30-16-12-27(13-17-30)9-8-26-10-14-29(15-11-26)33(40)39(24-31-34-18-19-35-31)25-32-36-20-21-37-32/h3-7,10-11,14-15,18-21,27,30H,2,8-9,12-13,16-17,22-25H2,1H3,(H,34,35)(H,36,37). The van der Waals surface area contributed by atoms with Crippen LogP contribution in [0.2, 0.25) is 0 Å². The fraction of sp³-hybridized carbons (Fsp3) is 0.424. The Bertz CT molecular complexity index is 1230. The molecule has 2 N–H and O–H groups in total.